The maximum absolute atomic E-state index is 14.6. The summed E-state index contributed by atoms with van der Waals surface area (Å²) in [6.45, 7) is 4.04. The van der Waals surface area contributed by atoms with Crippen LogP contribution in [0.4, 0.5) is 10.1 Å². The van der Waals surface area contributed by atoms with Crippen molar-refractivity contribution in [2.45, 2.75) is 25.9 Å². The van der Waals surface area contributed by atoms with Crippen molar-refractivity contribution in [2.24, 2.45) is 0 Å². The number of hydrogen-bond acceptors (Lipinski definition) is 2. The Kier molecular flexibility index (Phi) is 4.20. The van der Waals surface area contributed by atoms with E-state index in [0.717, 1.165) is 22.6 Å². The zero-order chi connectivity index (χ0) is 18.3. The van der Waals surface area contributed by atoms with Crippen molar-refractivity contribution in [1.29, 1.82) is 0 Å². The standard InChI is InChI=1S/C20H19FN4S/c1-12-11-14(13(2)23-12)19-18(16-8-5-6-10-22-16)24-20(26)25(19)17-9-4-3-7-15(17)21/h3-11,18-19,23H,1-2H3,(H,24,26)/t18-,19-/m1/s1. The summed E-state index contributed by atoms with van der Waals surface area (Å²) in [5, 5.41) is 3.84. The van der Waals surface area contributed by atoms with Gasteiger partial charge < -0.3 is 15.2 Å². The summed E-state index contributed by atoms with van der Waals surface area (Å²) < 4.78 is 14.6. The van der Waals surface area contributed by atoms with Gasteiger partial charge in [0.15, 0.2) is 5.11 Å². The van der Waals surface area contributed by atoms with Gasteiger partial charge in [0.25, 0.3) is 0 Å². The quantitative estimate of drug-likeness (QED) is 0.677. The minimum Gasteiger partial charge on any atom is -0.362 e. The lowest BCUT2D eigenvalue weighted by molar-refractivity contribution is 0.557. The number of rotatable bonds is 3. The first-order valence-corrected chi connectivity index (χ1v) is 8.88. The minimum atomic E-state index is -0.298. The Labute approximate surface area is 157 Å². The maximum Gasteiger partial charge on any atom is 0.174 e. The molecule has 2 N–H and O–H groups in total. The van der Waals surface area contributed by atoms with E-state index in [9.17, 15) is 4.39 Å². The number of aryl methyl sites for hydroxylation is 2. The van der Waals surface area contributed by atoms with Gasteiger partial charge in [0.2, 0.25) is 0 Å². The molecule has 2 atom stereocenters. The van der Waals surface area contributed by atoms with Crippen LogP contribution in [0.2, 0.25) is 0 Å². The number of nitrogens with one attached hydrogen (secondary N) is 2. The summed E-state index contributed by atoms with van der Waals surface area (Å²) >= 11 is 5.60. The van der Waals surface area contributed by atoms with E-state index in [1.165, 1.54) is 6.07 Å². The lowest BCUT2D eigenvalue weighted by atomic mass is 9.96. The molecule has 2 aromatic heterocycles. The first kappa shape index (κ1) is 16.7. The number of aromatic amines is 1. The van der Waals surface area contributed by atoms with Crippen LogP contribution < -0.4 is 10.2 Å². The van der Waals surface area contributed by atoms with Gasteiger partial charge in [-0.15, -0.1) is 0 Å². The molecule has 1 aliphatic rings. The molecule has 0 aliphatic carbocycles. The monoisotopic (exact) mass is 366 g/mol. The molecule has 132 valence electrons. The number of thiocarbonyl (C=S) groups is 1. The minimum absolute atomic E-state index is 0.169. The topological polar surface area (TPSA) is 44.0 Å². The van der Waals surface area contributed by atoms with E-state index in [0.29, 0.717) is 10.8 Å². The Hall–Kier alpha value is -2.73. The summed E-state index contributed by atoms with van der Waals surface area (Å²) in [6, 6.07) is 14.2. The van der Waals surface area contributed by atoms with Crippen molar-refractivity contribution < 1.29 is 4.39 Å². The van der Waals surface area contributed by atoms with Crippen molar-refractivity contribution in [3.8, 4) is 0 Å². The van der Waals surface area contributed by atoms with Gasteiger partial charge >= 0.3 is 0 Å². The predicted octanol–water partition coefficient (Wildman–Crippen LogP) is 4.34. The summed E-state index contributed by atoms with van der Waals surface area (Å²) in [5.74, 6) is -0.298. The normalized spacial score (nSPS) is 19.7. The molecule has 0 unspecified atom stereocenters. The molecule has 0 bridgehead atoms. The second-order valence-corrected chi connectivity index (χ2v) is 6.87. The zero-order valence-electron chi connectivity index (χ0n) is 14.5. The fourth-order valence-corrected chi connectivity index (χ4v) is 3.97. The molecule has 1 saturated heterocycles. The third-order valence-electron chi connectivity index (χ3n) is 4.72. The molecule has 3 aromatic rings. The highest BCUT2D eigenvalue weighted by atomic mass is 32.1. The number of pyridine rings is 1. The number of H-pyrrole nitrogens is 1. The van der Waals surface area contributed by atoms with Gasteiger partial charge in [0, 0.05) is 17.6 Å². The third-order valence-corrected chi connectivity index (χ3v) is 5.03. The average Bonchev–Trinajstić information content (AvgIpc) is 3.14. The van der Waals surface area contributed by atoms with Crippen LogP contribution in [0.3, 0.4) is 0 Å². The fourth-order valence-electron chi connectivity index (χ4n) is 3.63. The Morgan fingerprint density at radius 3 is 2.54 bits per heavy atom. The average molecular weight is 366 g/mol. The molecular formula is C20H19FN4S. The highest BCUT2D eigenvalue weighted by Crippen LogP contribution is 2.43. The van der Waals surface area contributed by atoms with Crippen LogP contribution in [0.1, 0.15) is 34.7 Å². The lowest BCUT2D eigenvalue weighted by Crippen LogP contribution is -2.30. The second kappa shape index (κ2) is 6.53. The van der Waals surface area contributed by atoms with Gasteiger partial charge in [0.05, 0.1) is 23.5 Å². The molecule has 26 heavy (non-hydrogen) atoms. The number of hydrogen-bond donors (Lipinski definition) is 2. The summed E-state index contributed by atoms with van der Waals surface area (Å²) in [5.41, 5.74) is 4.52. The fraction of sp³-hybridized carbons (Fsp3) is 0.200. The number of aromatic nitrogens is 2. The van der Waals surface area contributed by atoms with Gasteiger partial charge in [-0.25, -0.2) is 4.39 Å². The van der Waals surface area contributed by atoms with Gasteiger partial charge in [-0.1, -0.05) is 18.2 Å². The first-order valence-electron chi connectivity index (χ1n) is 8.47. The van der Waals surface area contributed by atoms with E-state index >= 15 is 0 Å². The van der Waals surface area contributed by atoms with E-state index < -0.39 is 0 Å². The molecule has 4 rings (SSSR count). The van der Waals surface area contributed by atoms with Crippen LogP contribution in [-0.2, 0) is 0 Å². The number of nitrogens with zero attached hydrogens (tertiary/aromatic N) is 2. The highest BCUT2D eigenvalue weighted by molar-refractivity contribution is 7.80. The molecule has 0 amide bonds. The molecule has 6 heteroatoms. The molecule has 4 nitrogen and oxygen atoms in total. The molecular weight excluding hydrogens is 347 g/mol. The Morgan fingerprint density at radius 1 is 1.12 bits per heavy atom. The van der Waals surface area contributed by atoms with E-state index in [4.69, 9.17) is 12.2 Å². The van der Waals surface area contributed by atoms with Crippen LogP contribution in [0.5, 0.6) is 0 Å². The summed E-state index contributed by atoms with van der Waals surface area (Å²) in [6.07, 6.45) is 1.76. The molecule has 0 radical (unpaired) electrons. The lowest BCUT2D eigenvalue weighted by Gasteiger charge is -2.28. The molecule has 3 heterocycles. The van der Waals surface area contributed by atoms with Gasteiger partial charge in [-0.05, 0) is 62.0 Å². The van der Waals surface area contributed by atoms with Crippen molar-refractivity contribution in [3.63, 3.8) is 0 Å². The van der Waals surface area contributed by atoms with Gasteiger partial charge in [0.1, 0.15) is 5.82 Å². The van der Waals surface area contributed by atoms with Crippen LogP contribution in [0, 0.1) is 19.7 Å². The van der Waals surface area contributed by atoms with Crippen LogP contribution in [-0.4, -0.2) is 15.1 Å². The highest BCUT2D eigenvalue weighted by Gasteiger charge is 2.42. The van der Waals surface area contributed by atoms with E-state index in [1.807, 2.05) is 43.0 Å². The van der Waals surface area contributed by atoms with Gasteiger partial charge in [-0.2, -0.15) is 0 Å². The van der Waals surface area contributed by atoms with Crippen molar-refractivity contribution in [2.75, 3.05) is 4.90 Å². The number of anilines is 1. The Bertz CT molecular complexity index is 953. The molecule has 0 saturated carbocycles. The largest absolute Gasteiger partial charge is 0.362 e. The summed E-state index contributed by atoms with van der Waals surface area (Å²) in [4.78, 5) is 9.71. The maximum atomic E-state index is 14.6. The van der Waals surface area contributed by atoms with E-state index in [2.05, 4.69) is 21.4 Å². The van der Waals surface area contributed by atoms with Gasteiger partial charge in [-0.3, -0.25) is 4.98 Å². The number of benzene rings is 1. The molecule has 1 aromatic carbocycles. The smallest absolute Gasteiger partial charge is 0.174 e. The summed E-state index contributed by atoms with van der Waals surface area (Å²) in [7, 11) is 0. The van der Waals surface area contributed by atoms with E-state index in [1.54, 1.807) is 18.3 Å². The Balaban J connectivity index is 1.88. The van der Waals surface area contributed by atoms with Crippen LogP contribution >= 0.6 is 12.2 Å². The second-order valence-electron chi connectivity index (χ2n) is 6.48. The van der Waals surface area contributed by atoms with Crippen LogP contribution in [0.25, 0.3) is 0 Å². The zero-order valence-corrected chi connectivity index (χ0v) is 15.3. The number of para-hydroxylation sites is 1. The molecule has 1 fully saturated rings. The SMILES string of the molecule is Cc1cc([C@@H]2[C@@H](c3ccccn3)NC(=S)N2c2ccccc2F)c(C)[nH]1. The molecule has 0 spiro atoms. The number of halogens is 1. The van der Waals surface area contributed by atoms with E-state index in [-0.39, 0.29) is 17.9 Å². The predicted molar refractivity (Wildman–Crippen MR) is 105 cm³/mol. The third kappa shape index (κ3) is 2.76. The Morgan fingerprint density at radius 2 is 1.88 bits per heavy atom. The van der Waals surface area contributed by atoms with Crippen molar-refractivity contribution in [3.05, 3.63) is 83.2 Å². The van der Waals surface area contributed by atoms with Crippen molar-refractivity contribution in [1.82, 2.24) is 15.3 Å². The van der Waals surface area contributed by atoms with Crippen LogP contribution in [0.15, 0.2) is 54.7 Å². The molecule has 1 aliphatic heterocycles. The van der Waals surface area contributed by atoms with Crippen molar-refractivity contribution >= 4 is 23.0 Å². The first-order chi connectivity index (χ1) is 12.6.